The molecule has 0 saturated carbocycles. The van der Waals surface area contributed by atoms with E-state index in [0.29, 0.717) is 19.4 Å². The molecular weight excluding hydrogens is 312 g/mol. The standard InChI is InChI=1S/C21H24N2O2/c24-20(16-17-8-3-1-4-9-17)22-14-13-21(25)23-15-7-12-19(23)18-10-5-2-6-11-18/h1-6,8-11,19H,7,12-16H2,(H,22,24). The molecule has 2 amide bonds. The number of carbonyl (C=O) groups excluding carboxylic acids is 2. The van der Waals surface area contributed by atoms with Crippen LogP contribution in [0.1, 0.15) is 36.4 Å². The second-order valence-electron chi connectivity index (χ2n) is 6.42. The Kier molecular flexibility index (Phi) is 5.83. The van der Waals surface area contributed by atoms with Crippen molar-refractivity contribution in [1.29, 1.82) is 0 Å². The number of carbonyl (C=O) groups is 2. The minimum Gasteiger partial charge on any atom is -0.355 e. The zero-order chi connectivity index (χ0) is 17.5. The van der Waals surface area contributed by atoms with Gasteiger partial charge >= 0.3 is 0 Å². The van der Waals surface area contributed by atoms with Gasteiger partial charge in [0, 0.05) is 19.5 Å². The maximum atomic E-state index is 12.5. The predicted octanol–water partition coefficient (Wildman–Crippen LogP) is 3.10. The van der Waals surface area contributed by atoms with Crippen LogP contribution in [0.25, 0.3) is 0 Å². The Labute approximate surface area is 148 Å². The van der Waals surface area contributed by atoms with Gasteiger partial charge in [0.05, 0.1) is 12.5 Å². The molecule has 4 heteroatoms. The molecule has 1 aliphatic heterocycles. The molecule has 0 bridgehead atoms. The van der Waals surface area contributed by atoms with Crippen LogP contribution in [-0.2, 0) is 16.0 Å². The van der Waals surface area contributed by atoms with E-state index in [1.54, 1.807) is 0 Å². The van der Waals surface area contributed by atoms with Gasteiger partial charge in [-0.2, -0.15) is 0 Å². The Balaban J connectivity index is 1.46. The molecule has 1 fully saturated rings. The molecule has 1 aliphatic rings. The molecular formula is C21H24N2O2. The van der Waals surface area contributed by atoms with Crippen molar-refractivity contribution in [2.75, 3.05) is 13.1 Å². The van der Waals surface area contributed by atoms with E-state index in [9.17, 15) is 9.59 Å². The van der Waals surface area contributed by atoms with Crippen LogP contribution < -0.4 is 5.32 Å². The van der Waals surface area contributed by atoms with Gasteiger partial charge in [-0.3, -0.25) is 9.59 Å². The van der Waals surface area contributed by atoms with Gasteiger partial charge in [0.1, 0.15) is 0 Å². The first-order valence-corrected chi connectivity index (χ1v) is 8.89. The van der Waals surface area contributed by atoms with Crippen LogP contribution in [0, 0.1) is 0 Å². The first kappa shape index (κ1) is 17.2. The van der Waals surface area contributed by atoms with Gasteiger partial charge in [-0.25, -0.2) is 0 Å². The highest BCUT2D eigenvalue weighted by Gasteiger charge is 2.29. The summed E-state index contributed by atoms with van der Waals surface area (Å²) >= 11 is 0. The molecule has 25 heavy (non-hydrogen) atoms. The number of amides is 2. The molecule has 2 aromatic carbocycles. The Morgan fingerprint density at radius 3 is 2.40 bits per heavy atom. The predicted molar refractivity (Wildman–Crippen MR) is 97.9 cm³/mol. The molecule has 4 nitrogen and oxygen atoms in total. The molecule has 0 spiro atoms. The maximum absolute atomic E-state index is 12.5. The summed E-state index contributed by atoms with van der Waals surface area (Å²) in [5, 5.41) is 2.85. The van der Waals surface area contributed by atoms with Crippen molar-refractivity contribution in [3.8, 4) is 0 Å². The monoisotopic (exact) mass is 336 g/mol. The summed E-state index contributed by atoms with van der Waals surface area (Å²) in [4.78, 5) is 26.5. The van der Waals surface area contributed by atoms with Gasteiger partial charge in [-0.15, -0.1) is 0 Å². The zero-order valence-electron chi connectivity index (χ0n) is 14.4. The van der Waals surface area contributed by atoms with Gasteiger partial charge in [0.25, 0.3) is 0 Å². The van der Waals surface area contributed by atoms with Crippen molar-refractivity contribution in [1.82, 2.24) is 10.2 Å². The molecule has 1 N–H and O–H groups in total. The SMILES string of the molecule is O=C(Cc1ccccc1)NCCC(=O)N1CCCC1c1ccccc1. The quantitative estimate of drug-likeness (QED) is 0.881. The number of likely N-dealkylation sites (tertiary alicyclic amines) is 1. The largest absolute Gasteiger partial charge is 0.355 e. The second-order valence-corrected chi connectivity index (χ2v) is 6.42. The van der Waals surface area contributed by atoms with E-state index in [0.717, 1.165) is 24.9 Å². The van der Waals surface area contributed by atoms with E-state index in [4.69, 9.17) is 0 Å². The van der Waals surface area contributed by atoms with E-state index in [2.05, 4.69) is 17.4 Å². The number of nitrogens with one attached hydrogen (secondary N) is 1. The molecule has 3 rings (SSSR count). The minimum absolute atomic E-state index is 0.0416. The summed E-state index contributed by atoms with van der Waals surface area (Å²) in [5.41, 5.74) is 2.18. The average molecular weight is 336 g/mol. The van der Waals surface area contributed by atoms with Crippen molar-refractivity contribution in [3.63, 3.8) is 0 Å². The first-order valence-electron chi connectivity index (χ1n) is 8.89. The van der Waals surface area contributed by atoms with E-state index in [-0.39, 0.29) is 17.9 Å². The highest BCUT2D eigenvalue weighted by molar-refractivity contribution is 5.80. The fourth-order valence-corrected chi connectivity index (χ4v) is 3.38. The first-order chi connectivity index (χ1) is 12.2. The molecule has 1 saturated heterocycles. The zero-order valence-corrected chi connectivity index (χ0v) is 14.4. The van der Waals surface area contributed by atoms with E-state index >= 15 is 0 Å². The van der Waals surface area contributed by atoms with Crippen LogP contribution >= 0.6 is 0 Å². The average Bonchev–Trinajstić information content (AvgIpc) is 3.13. The van der Waals surface area contributed by atoms with Gasteiger partial charge < -0.3 is 10.2 Å². The summed E-state index contributed by atoms with van der Waals surface area (Å²) < 4.78 is 0. The maximum Gasteiger partial charge on any atom is 0.224 e. The Hall–Kier alpha value is -2.62. The lowest BCUT2D eigenvalue weighted by molar-refractivity contribution is -0.132. The number of benzene rings is 2. The van der Waals surface area contributed by atoms with Crippen molar-refractivity contribution in [3.05, 3.63) is 71.8 Å². The van der Waals surface area contributed by atoms with Gasteiger partial charge in [0.2, 0.25) is 11.8 Å². The van der Waals surface area contributed by atoms with Crippen LogP contribution in [0.5, 0.6) is 0 Å². The van der Waals surface area contributed by atoms with E-state index < -0.39 is 0 Å². The smallest absolute Gasteiger partial charge is 0.224 e. The summed E-state index contributed by atoms with van der Waals surface area (Å²) in [6.45, 7) is 1.19. The van der Waals surface area contributed by atoms with Crippen LogP contribution in [0.15, 0.2) is 60.7 Å². The molecule has 1 atom stereocenters. The Morgan fingerprint density at radius 2 is 1.68 bits per heavy atom. The fraction of sp³-hybridized carbons (Fsp3) is 0.333. The lowest BCUT2D eigenvalue weighted by atomic mass is 10.0. The normalized spacial score (nSPS) is 16.6. The fourth-order valence-electron chi connectivity index (χ4n) is 3.38. The third-order valence-corrected chi connectivity index (χ3v) is 4.63. The second kappa shape index (κ2) is 8.47. The summed E-state index contributed by atoms with van der Waals surface area (Å²) in [6.07, 6.45) is 2.75. The Morgan fingerprint density at radius 1 is 1.00 bits per heavy atom. The molecule has 2 aromatic rings. The van der Waals surface area contributed by atoms with Gasteiger partial charge in [-0.05, 0) is 24.0 Å². The molecule has 0 aliphatic carbocycles. The topological polar surface area (TPSA) is 49.4 Å². The van der Waals surface area contributed by atoms with E-state index in [1.165, 1.54) is 5.56 Å². The highest BCUT2D eigenvalue weighted by atomic mass is 16.2. The number of rotatable bonds is 6. The molecule has 0 aromatic heterocycles. The van der Waals surface area contributed by atoms with Crippen LogP contribution in [0.3, 0.4) is 0 Å². The number of nitrogens with zero attached hydrogens (tertiary/aromatic N) is 1. The lowest BCUT2D eigenvalue weighted by Crippen LogP contribution is -2.34. The lowest BCUT2D eigenvalue weighted by Gasteiger charge is -2.25. The minimum atomic E-state index is -0.0416. The molecule has 1 unspecified atom stereocenters. The van der Waals surface area contributed by atoms with Crippen LogP contribution in [0.4, 0.5) is 0 Å². The van der Waals surface area contributed by atoms with Crippen molar-refractivity contribution in [2.24, 2.45) is 0 Å². The summed E-state index contributed by atoms with van der Waals surface area (Å²) in [7, 11) is 0. The van der Waals surface area contributed by atoms with Crippen LogP contribution in [-0.4, -0.2) is 29.8 Å². The third kappa shape index (κ3) is 4.69. The van der Waals surface area contributed by atoms with Gasteiger partial charge in [0.15, 0.2) is 0 Å². The molecule has 130 valence electrons. The highest BCUT2D eigenvalue weighted by Crippen LogP contribution is 2.31. The van der Waals surface area contributed by atoms with Crippen molar-refractivity contribution in [2.45, 2.75) is 31.7 Å². The van der Waals surface area contributed by atoms with Crippen LogP contribution in [0.2, 0.25) is 0 Å². The third-order valence-electron chi connectivity index (χ3n) is 4.63. The van der Waals surface area contributed by atoms with Gasteiger partial charge in [-0.1, -0.05) is 60.7 Å². The Bertz CT molecular complexity index is 700. The number of hydrogen-bond acceptors (Lipinski definition) is 2. The molecule has 1 heterocycles. The van der Waals surface area contributed by atoms with E-state index in [1.807, 2.05) is 53.4 Å². The van der Waals surface area contributed by atoms with Crippen molar-refractivity contribution >= 4 is 11.8 Å². The molecule has 0 radical (unpaired) electrons. The summed E-state index contributed by atoms with van der Waals surface area (Å²) in [6, 6.07) is 20.0. The van der Waals surface area contributed by atoms with Crippen molar-refractivity contribution < 1.29 is 9.59 Å². The number of hydrogen-bond donors (Lipinski definition) is 1. The summed E-state index contributed by atoms with van der Waals surface area (Å²) in [5.74, 6) is 0.0754.